The standard InChI is InChI=1S/C36H39ClFN3O5S/c1-3-5-23-39-36(43)34(24-27-11-7-6-8-12-27)40(25-28-13-9-10-14-33(28)37)35(42)26-41(30-17-15-29(38)16-18-30)47(44,45)32-21-19-31(20-22-32)46-4-2/h6-22,34H,3-5,23-26H2,1-2H3,(H,39,43). The third-order valence-corrected chi connectivity index (χ3v) is 9.67. The Bertz CT molecular complexity index is 1720. The van der Waals surface area contributed by atoms with Crippen LogP contribution in [0.2, 0.25) is 5.02 Å². The molecule has 1 unspecified atom stereocenters. The van der Waals surface area contributed by atoms with Crippen molar-refractivity contribution in [2.24, 2.45) is 0 Å². The summed E-state index contributed by atoms with van der Waals surface area (Å²) < 4.78 is 48.7. The van der Waals surface area contributed by atoms with Crippen LogP contribution < -0.4 is 14.4 Å². The number of hydrogen-bond donors (Lipinski definition) is 1. The molecular formula is C36H39ClFN3O5S. The van der Waals surface area contributed by atoms with Crippen LogP contribution in [0.1, 0.15) is 37.8 Å². The molecule has 4 aromatic carbocycles. The Morgan fingerprint density at radius 2 is 1.55 bits per heavy atom. The molecule has 47 heavy (non-hydrogen) atoms. The molecule has 4 aromatic rings. The van der Waals surface area contributed by atoms with Crippen LogP contribution in [0.5, 0.6) is 5.75 Å². The second-order valence-electron chi connectivity index (χ2n) is 10.9. The van der Waals surface area contributed by atoms with Crippen LogP contribution in [0, 0.1) is 5.82 Å². The van der Waals surface area contributed by atoms with E-state index in [4.69, 9.17) is 16.3 Å². The van der Waals surface area contributed by atoms with Gasteiger partial charge in [0.2, 0.25) is 11.8 Å². The Labute approximate surface area is 281 Å². The number of amides is 2. The molecule has 0 aromatic heterocycles. The predicted octanol–water partition coefficient (Wildman–Crippen LogP) is 6.63. The Balaban J connectivity index is 1.78. The van der Waals surface area contributed by atoms with Crippen molar-refractivity contribution in [1.82, 2.24) is 10.2 Å². The zero-order valence-electron chi connectivity index (χ0n) is 26.4. The molecule has 1 atom stereocenters. The number of anilines is 1. The highest BCUT2D eigenvalue weighted by Gasteiger charge is 2.35. The molecule has 0 aliphatic rings. The van der Waals surface area contributed by atoms with Gasteiger partial charge in [0.15, 0.2) is 0 Å². The second kappa shape index (κ2) is 16.9. The molecule has 0 bridgehead atoms. The summed E-state index contributed by atoms with van der Waals surface area (Å²) in [5, 5.41) is 3.35. The Hall–Kier alpha value is -4.41. The maximum Gasteiger partial charge on any atom is 0.264 e. The van der Waals surface area contributed by atoms with E-state index in [1.54, 1.807) is 24.3 Å². The minimum Gasteiger partial charge on any atom is -0.494 e. The highest BCUT2D eigenvalue weighted by atomic mass is 35.5. The van der Waals surface area contributed by atoms with Crippen LogP contribution in [-0.2, 0) is 32.6 Å². The molecule has 0 fully saturated rings. The molecule has 4 rings (SSSR count). The molecule has 1 N–H and O–H groups in total. The van der Waals surface area contributed by atoms with Gasteiger partial charge < -0.3 is 15.0 Å². The van der Waals surface area contributed by atoms with Crippen LogP contribution >= 0.6 is 11.6 Å². The van der Waals surface area contributed by atoms with Crippen molar-refractivity contribution in [3.8, 4) is 5.75 Å². The van der Waals surface area contributed by atoms with Crippen LogP contribution in [-0.4, -0.2) is 50.9 Å². The van der Waals surface area contributed by atoms with Crippen molar-refractivity contribution >= 4 is 39.1 Å². The number of nitrogens with one attached hydrogen (secondary N) is 1. The minimum atomic E-state index is -4.35. The second-order valence-corrected chi connectivity index (χ2v) is 13.1. The van der Waals surface area contributed by atoms with Crippen molar-refractivity contribution in [1.29, 1.82) is 0 Å². The molecule has 0 saturated heterocycles. The van der Waals surface area contributed by atoms with Gasteiger partial charge in [-0.25, -0.2) is 12.8 Å². The molecule has 0 radical (unpaired) electrons. The molecular weight excluding hydrogens is 641 g/mol. The Morgan fingerprint density at radius 3 is 2.19 bits per heavy atom. The number of nitrogens with zero attached hydrogens (tertiary/aromatic N) is 2. The highest BCUT2D eigenvalue weighted by Crippen LogP contribution is 2.27. The van der Waals surface area contributed by atoms with E-state index in [1.165, 1.54) is 41.3 Å². The van der Waals surface area contributed by atoms with Crippen molar-refractivity contribution in [2.45, 2.75) is 50.6 Å². The van der Waals surface area contributed by atoms with E-state index in [0.29, 0.717) is 29.5 Å². The average molecular weight is 680 g/mol. The first-order chi connectivity index (χ1) is 22.6. The monoisotopic (exact) mass is 679 g/mol. The summed E-state index contributed by atoms with van der Waals surface area (Å²) >= 11 is 6.53. The topological polar surface area (TPSA) is 96.0 Å². The molecule has 0 saturated carbocycles. The first kappa shape index (κ1) is 35.4. The van der Waals surface area contributed by atoms with Gasteiger partial charge in [0, 0.05) is 24.5 Å². The SMILES string of the molecule is CCCCNC(=O)C(Cc1ccccc1)N(Cc1ccccc1Cl)C(=O)CN(c1ccc(F)cc1)S(=O)(=O)c1ccc(OCC)cc1. The van der Waals surface area contributed by atoms with Gasteiger partial charge in [-0.05, 0) is 79.1 Å². The molecule has 0 heterocycles. The zero-order chi connectivity index (χ0) is 33.8. The highest BCUT2D eigenvalue weighted by molar-refractivity contribution is 7.92. The quantitative estimate of drug-likeness (QED) is 0.134. The lowest BCUT2D eigenvalue weighted by molar-refractivity contribution is -0.140. The number of unbranched alkanes of at least 4 members (excludes halogenated alkanes) is 1. The van der Waals surface area contributed by atoms with Crippen LogP contribution in [0.3, 0.4) is 0 Å². The molecule has 0 aliphatic carbocycles. The lowest BCUT2D eigenvalue weighted by atomic mass is 10.0. The number of carbonyl (C=O) groups excluding carboxylic acids is 2. The predicted molar refractivity (Wildman–Crippen MR) is 182 cm³/mol. The first-order valence-corrected chi connectivity index (χ1v) is 17.3. The Kier molecular flexibility index (Phi) is 12.8. The minimum absolute atomic E-state index is 0.0580. The fourth-order valence-corrected chi connectivity index (χ4v) is 6.62. The smallest absolute Gasteiger partial charge is 0.264 e. The lowest BCUT2D eigenvalue weighted by Gasteiger charge is -2.34. The van der Waals surface area contributed by atoms with E-state index >= 15 is 0 Å². The summed E-state index contributed by atoms with van der Waals surface area (Å²) in [4.78, 5) is 29.6. The molecule has 0 spiro atoms. The van der Waals surface area contributed by atoms with Gasteiger partial charge in [-0.2, -0.15) is 0 Å². The van der Waals surface area contributed by atoms with Crippen LogP contribution in [0.15, 0.2) is 108 Å². The van der Waals surface area contributed by atoms with Gasteiger partial charge in [0.25, 0.3) is 10.0 Å². The Morgan fingerprint density at radius 1 is 0.894 bits per heavy atom. The largest absolute Gasteiger partial charge is 0.494 e. The lowest BCUT2D eigenvalue weighted by Crippen LogP contribution is -2.53. The van der Waals surface area contributed by atoms with Gasteiger partial charge in [-0.3, -0.25) is 13.9 Å². The number of hydrogen-bond acceptors (Lipinski definition) is 5. The maximum atomic E-state index is 14.5. The maximum absolute atomic E-state index is 14.5. The van der Waals surface area contributed by atoms with Gasteiger partial charge in [-0.1, -0.05) is 73.5 Å². The third kappa shape index (κ3) is 9.56. The number of carbonyl (C=O) groups is 2. The number of sulfonamides is 1. The number of halogens is 2. The number of benzene rings is 4. The first-order valence-electron chi connectivity index (χ1n) is 15.5. The summed E-state index contributed by atoms with van der Waals surface area (Å²) in [5.41, 5.74) is 1.49. The molecule has 11 heteroatoms. The van der Waals surface area contributed by atoms with Crippen LogP contribution in [0.4, 0.5) is 10.1 Å². The van der Waals surface area contributed by atoms with Gasteiger partial charge >= 0.3 is 0 Å². The summed E-state index contributed by atoms with van der Waals surface area (Å²) in [6.45, 7) is 3.92. The molecule has 0 aliphatic heterocycles. The van der Waals surface area contributed by atoms with Gasteiger partial charge in [-0.15, -0.1) is 0 Å². The van der Waals surface area contributed by atoms with E-state index in [0.717, 1.165) is 34.8 Å². The third-order valence-electron chi connectivity index (χ3n) is 7.52. The average Bonchev–Trinajstić information content (AvgIpc) is 3.07. The van der Waals surface area contributed by atoms with E-state index in [2.05, 4.69) is 5.32 Å². The number of ether oxygens (including phenoxy) is 1. The van der Waals surface area contributed by atoms with Crippen LogP contribution in [0.25, 0.3) is 0 Å². The summed E-state index contributed by atoms with van der Waals surface area (Å²) in [5.74, 6) is -1.09. The fourth-order valence-electron chi connectivity index (χ4n) is 5.01. The fraction of sp³-hybridized carbons (Fsp3) is 0.278. The number of rotatable bonds is 16. The van der Waals surface area contributed by atoms with E-state index < -0.39 is 34.3 Å². The molecule has 8 nitrogen and oxygen atoms in total. The normalized spacial score (nSPS) is 11.8. The molecule has 2 amide bonds. The summed E-state index contributed by atoms with van der Waals surface area (Å²) in [6.07, 6.45) is 1.79. The van der Waals surface area contributed by atoms with Crippen molar-refractivity contribution in [3.63, 3.8) is 0 Å². The van der Waals surface area contributed by atoms with E-state index in [-0.39, 0.29) is 29.5 Å². The summed E-state index contributed by atoms with van der Waals surface area (Å²) in [6, 6.07) is 26.0. The van der Waals surface area contributed by atoms with Crippen molar-refractivity contribution in [3.05, 3.63) is 125 Å². The zero-order valence-corrected chi connectivity index (χ0v) is 28.0. The van der Waals surface area contributed by atoms with E-state index in [1.807, 2.05) is 44.2 Å². The van der Waals surface area contributed by atoms with Gasteiger partial charge in [0.1, 0.15) is 24.2 Å². The van der Waals surface area contributed by atoms with Gasteiger partial charge in [0.05, 0.1) is 17.2 Å². The van der Waals surface area contributed by atoms with Crippen molar-refractivity contribution < 1.29 is 27.1 Å². The van der Waals surface area contributed by atoms with E-state index in [9.17, 15) is 22.4 Å². The summed E-state index contributed by atoms with van der Waals surface area (Å²) in [7, 11) is -4.35. The van der Waals surface area contributed by atoms with Crippen molar-refractivity contribution in [2.75, 3.05) is 24.0 Å². The molecule has 248 valence electrons.